The third-order valence-electron chi connectivity index (χ3n) is 4.20. The van der Waals surface area contributed by atoms with Gasteiger partial charge in [-0.25, -0.2) is 4.39 Å². The molecule has 0 amide bonds. The summed E-state index contributed by atoms with van der Waals surface area (Å²) in [5.74, 6) is 1.40. The third-order valence-corrected chi connectivity index (χ3v) is 4.20. The Morgan fingerprint density at radius 1 is 1.00 bits per heavy atom. The largest absolute Gasteiger partial charge is 0.489 e. The number of hydrogen-bond acceptors (Lipinski definition) is 2. The molecule has 4 heteroatoms. The zero-order valence-corrected chi connectivity index (χ0v) is 13.9. The van der Waals surface area contributed by atoms with Crippen molar-refractivity contribution in [3.05, 3.63) is 65.5 Å². The van der Waals surface area contributed by atoms with E-state index in [0.717, 1.165) is 36.7 Å². The van der Waals surface area contributed by atoms with E-state index in [-0.39, 0.29) is 18.2 Å². The number of halogens is 2. The van der Waals surface area contributed by atoms with Crippen LogP contribution >= 0.6 is 12.4 Å². The van der Waals surface area contributed by atoms with Gasteiger partial charge in [-0.15, -0.1) is 12.4 Å². The first-order valence-corrected chi connectivity index (χ1v) is 7.96. The van der Waals surface area contributed by atoms with Crippen molar-refractivity contribution in [2.24, 2.45) is 5.92 Å². The fourth-order valence-corrected chi connectivity index (χ4v) is 2.93. The van der Waals surface area contributed by atoms with Gasteiger partial charge in [0.25, 0.3) is 0 Å². The van der Waals surface area contributed by atoms with Gasteiger partial charge in [0.2, 0.25) is 0 Å². The summed E-state index contributed by atoms with van der Waals surface area (Å²) in [7, 11) is 0. The average Bonchev–Trinajstić information content (AvgIpc) is 2.55. The van der Waals surface area contributed by atoms with Gasteiger partial charge in [0.15, 0.2) is 0 Å². The van der Waals surface area contributed by atoms with Crippen LogP contribution in [0.4, 0.5) is 4.39 Å². The summed E-state index contributed by atoms with van der Waals surface area (Å²) < 4.78 is 18.8. The number of ether oxygens (including phenoxy) is 1. The summed E-state index contributed by atoms with van der Waals surface area (Å²) in [6.07, 6.45) is 3.67. The molecule has 1 N–H and O–H groups in total. The first-order chi connectivity index (χ1) is 10.8. The van der Waals surface area contributed by atoms with Gasteiger partial charge in [0.05, 0.1) is 0 Å². The summed E-state index contributed by atoms with van der Waals surface area (Å²) >= 11 is 0. The minimum Gasteiger partial charge on any atom is -0.489 e. The molecule has 1 saturated heterocycles. The minimum atomic E-state index is -0.224. The average molecular weight is 336 g/mol. The summed E-state index contributed by atoms with van der Waals surface area (Å²) in [5.41, 5.74) is 2.21. The first kappa shape index (κ1) is 17.8. The van der Waals surface area contributed by atoms with E-state index < -0.39 is 0 Å². The van der Waals surface area contributed by atoms with Gasteiger partial charge in [0.1, 0.15) is 18.2 Å². The molecule has 0 aromatic heterocycles. The molecule has 2 nitrogen and oxygen atoms in total. The molecule has 1 heterocycles. The lowest BCUT2D eigenvalue weighted by Crippen LogP contribution is -2.28. The number of piperidine rings is 1. The highest BCUT2D eigenvalue weighted by Crippen LogP contribution is 2.20. The van der Waals surface area contributed by atoms with Gasteiger partial charge in [-0.2, -0.15) is 0 Å². The smallest absolute Gasteiger partial charge is 0.123 e. The maximum absolute atomic E-state index is 13.1. The number of hydrogen-bond donors (Lipinski definition) is 1. The summed E-state index contributed by atoms with van der Waals surface area (Å²) in [5, 5.41) is 3.40. The van der Waals surface area contributed by atoms with E-state index in [1.165, 1.54) is 30.5 Å². The molecule has 1 aliphatic heterocycles. The van der Waals surface area contributed by atoms with Crippen LogP contribution in [0, 0.1) is 11.7 Å². The molecule has 23 heavy (non-hydrogen) atoms. The monoisotopic (exact) mass is 335 g/mol. The van der Waals surface area contributed by atoms with E-state index in [1.807, 2.05) is 18.2 Å². The lowest BCUT2D eigenvalue weighted by molar-refractivity contribution is 0.305. The molecule has 0 radical (unpaired) electrons. The van der Waals surface area contributed by atoms with Crippen molar-refractivity contribution in [2.45, 2.75) is 25.9 Å². The van der Waals surface area contributed by atoms with Crippen LogP contribution in [0.25, 0.3) is 0 Å². The van der Waals surface area contributed by atoms with E-state index in [1.54, 1.807) is 6.07 Å². The van der Waals surface area contributed by atoms with E-state index >= 15 is 0 Å². The Balaban J connectivity index is 0.00000192. The predicted octanol–water partition coefficient (Wildman–Crippen LogP) is 4.37. The maximum Gasteiger partial charge on any atom is 0.123 e. The van der Waals surface area contributed by atoms with Crippen LogP contribution in [0.5, 0.6) is 5.75 Å². The van der Waals surface area contributed by atoms with Crippen LogP contribution in [-0.4, -0.2) is 13.1 Å². The van der Waals surface area contributed by atoms with Crippen LogP contribution in [0.15, 0.2) is 48.5 Å². The molecule has 1 aliphatic rings. The van der Waals surface area contributed by atoms with Crippen molar-refractivity contribution < 1.29 is 9.13 Å². The highest BCUT2D eigenvalue weighted by molar-refractivity contribution is 5.85. The fraction of sp³-hybridized carbons (Fsp3) is 0.368. The predicted molar refractivity (Wildman–Crippen MR) is 93.7 cm³/mol. The van der Waals surface area contributed by atoms with Gasteiger partial charge in [-0.05, 0) is 73.7 Å². The van der Waals surface area contributed by atoms with Gasteiger partial charge in [0, 0.05) is 0 Å². The molecule has 0 spiro atoms. The van der Waals surface area contributed by atoms with Crippen molar-refractivity contribution >= 4 is 12.4 Å². The van der Waals surface area contributed by atoms with Crippen molar-refractivity contribution in [3.8, 4) is 5.75 Å². The topological polar surface area (TPSA) is 21.3 Å². The third kappa shape index (κ3) is 5.52. The van der Waals surface area contributed by atoms with Crippen LogP contribution in [0.3, 0.4) is 0 Å². The zero-order chi connectivity index (χ0) is 15.2. The van der Waals surface area contributed by atoms with Crippen molar-refractivity contribution in [3.63, 3.8) is 0 Å². The molecule has 124 valence electrons. The van der Waals surface area contributed by atoms with E-state index in [4.69, 9.17) is 4.74 Å². The van der Waals surface area contributed by atoms with Crippen LogP contribution < -0.4 is 10.1 Å². The van der Waals surface area contributed by atoms with E-state index in [0.29, 0.717) is 6.61 Å². The summed E-state index contributed by atoms with van der Waals surface area (Å²) in [4.78, 5) is 0. The number of nitrogens with one attached hydrogen (secondary N) is 1. The second-order valence-electron chi connectivity index (χ2n) is 5.96. The van der Waals surface area contributed by atoms with Crippen LogP contribution in [0.2, 0.25) is 0 Å². The molecular formula is C19H23ClFNO. The zero-order valence-electron chi connectivity index (χ0n) is 13.1. The Kier molecular flexibility index (Phi) is 6.87. The molecule has 2 aromatic rings. The van der Waals surface area contributed by atoms with Gasteiger partial charge < -0.3 is 10.1 Å². The lowest BCUT2D eigenvalue weighted by atomic mass is 9.91. The second kappa shape index (κ2) is 8.90. The first-order valence-electron chi connectivity index (χ1n) is 7.96. The molecule has 2 aromatic carbocycles. The highest BCUT2D eigenvalue weighted by atomic mass is 35.5. The summed E-state index contributed by atoms with van der Waals surface area (Å²) in [6.45, 7) is 2.67. The maximum atomic E-state index is 13.1. The standard InChI is InChI=1S/C19H22FNO.ClH/c20-18-3-1-2-17(13-18)14-22-19-6-4-15(5-7-19)12-16-8-10-21-11-9-16;/h1-7,13,16,21H,8-12,14H2;1H. The molecule has 0 atom stereocenters. The fourth-order valence-electron chi connectivity index (χ4n) is 2.93. The minimum absolute atomic E-state index is 0. The SMILES string of the molecule is Cl.Fc1cccc(COc2ccc(CC3CCNCC3)cc2)c1. The Bertz CT molecular complexity index is 597. The van der Waals surface area contributed by atoms with Crippen LogP contribution in [-0.2, 0) is 13.0 Å². The Morgan fingerprint density at radius 2 is 1.74 bits per heavy atom. The molecule has 0 unspecified atom stereocenters. The van der Waals surface area contributed by atoms with E-state index in [2.05, 4.69) is 17.4 Å². The Labute approximate surface area is 143 Å². The normalized spacial score (nSPS) is 15.0. The van der Waals surface area contributed by atoms with Crippen molar-refractivity contribution in [1.29, 1.82) is 0 Å². The Hall–Kier alpha value is -1.58. The lowest BCUT2D eigenvalue weighted by Gasteiger charge is -2.22. The molecule has 3 rings (SSSR count). The second-order valence-corrected chi connectivity index (χ2v) is 5.96. The van der Waals surface area contributed by atoms with E-state index in [9.17, 15) is 4.39 Å². The summed E-state index contributed by atoms with van der Waals surface area (Å²) in [6, 6.07) is 14.8. The number of rotatable bonds is 5. The highest BCUT2D eigenvalue weighted by Gasteiger charge is 2.13. The molecular weight excluding hydrogens is 313 g/mol. The van der Waals surface area contributed by atoms with Crippen LogP contribution in [0.1, 0.15) is 24.0 Å². The molecule has 0 aliphatic carbocycles. The number of benzene rings is 2. The molecule has 1 fully saturated rings. The Morgan fingerprint density at radius 3 is 2.43 bits per heavy atom. The quantitative estimate of drug-likeness (QED) is 0.876. The van der Waals surface area contributed by atoms with Gasteiger partial charge in [-0.3, -0.25) is 0 Å². The molecule has 0 bridgehead atoms. The van der Waals surface area contributed by atoms with Crippen molar-refractivity contribution in [1.82, 2.24) is 5.32 Å². The van der Waals surface area contributed by atoms with Gasteiger partial charge in [-0.1, -0.05) is 24.3 Å². The van der Waals surface area contributed by atoms with Crippen molar-refractivity contribution in [2.75, 3.05) is 13.1 Å². The molecule has 0 saturated carbocycles. The van der Waals surface area contributed by atoms with Gasteiger partial charge >= 0.3 is 0 Å².